The highest BCUT2D eigenvalue weighted by Crippen LogP contribution is 2.44. The number of para-hydroxylation sites is 1. The standard InChI is InChI=1S/C17H18N4O/c18-16-12-9-21(10-13(12)16)17(22)14-7-4-8-15(20-14)19-11-5-2-1-3-6-11/h1-8,12-13,16H,9-10,18H2,(H,19,20)/t12-,13+,16?. The van der Waals surface area contributed by atoms with Crippen molar-refractivity contribution >= 4 is 17.4 Å². The summed E-state index contributed by atoms with van der Waals surface area (Å²) in [5.74, 6) is 1.67. The number of rotatable bonds is 3. The van der Waals surface area contributed by atoms with Crippen molar-refractivity contribution in [3.05, 3.63) is 54.2 Å². The molecule has 0 spiro atoms. The second-order valence-electron chi connectivity index (χ2n) is 6.01. The van der Waals surface area contributed by atoms with Crippen LogP contribution in [0.25, 0.3) is 0 Å². The molecular weight excluding hydrogens is 276 g/mol. The highest BCUT2D eigenvalue weighted by atomic mass is 16.2. The smallest absolute Gasteiger partial charge is 0.272 e. The molecule has 22 heavy (non-hydrogen) atoms. The van der Waals surface area contributed by atoms with Crippen molar-refractivity contribution in [1.29, 1.82) is 0 Å². The molecule has 112 valence electrons. The lowest BCUT2D eigenvalue weighted by atomic mass is 10.3. The number of nitrogens with one attached hydrogen (secondary N) is 1. The van der Waals surface area contributed by atoms with Crippen molar-refractivity contribution in [3.8, 4) is 0 Å². The topological polar surface area (TPSA) is 71.2 Å². The third-order valence-corrected chi connectivity index (χ3v) is 4.56. The van der Waals surface area contributed by atoms with E-state index in [1.54, 1.807) is 6.07 Å². The van der Waals surface area contributed by atoms with Gasteiger partial charge in [0.2, 0.25) is 0 Å². The predicted octanol–water partition coefficient (Wildman–Crippen LogP) is 1.85. The maximum Gasteiger partial charge on any atom is 0.272 e. The lowest BCUT2D eigenvalue weighted by Gasteiger charge is -2.18. The lowest BCUT2D eigenvalue weighted by Crippen LogP contribution is -2.34. The summed E-state index contributed by atoms with van der Waals surface area (Å²) in [4.78, 5) is 18.8. The summed E-state index contributed by atoms with van der Waals surface area (Å²) in [6.07, 6.45) is 0. The number of anilines is 2. The minimum atomic E-state index is -0.00360. The van der Waals surface area contributed by atoms with Gasteiger partial charge in [-0.15, -0.1) is 0 Å². The Hall–Kier alpha value is -2.40. The zero-order valence-corrected chi connectivity index (χ0v) is 12.1. The molecule has 0 radical (unpaired) electrons. The maximum absolute atomic E-state index is 12.5. The van der Waals surface area contributed by atoms with Crippen molar-refractivity contribution in [2.45, 2.75) is 6.04 Å². The molecule has 3 atom stereocenters. The summed E-state index contributed by atoms with van der Waals surface area (Å²) in [7, 11) is 0. The number of hydrogen-bond acceptors (Lipinski definition) is 4. The molecule has 2 aromatic rings. The Morgan fingerprint density at radius 2 is 1.82 bits per heavy atom. The molecule has 1 amide bonds. The third-order valence-electron chi connectivity index (χ3n) is 4.56. The lowest BCUT2D eigenvalue weighted by molar-refractivity contribution is 0.0767. The number of carbonyl (C=O) groups excluding carboxylic acids is 1. The SMILES string of the molecule is NC1[C@H]2CN(C(=O)c3cccc(Nc4ccccc4)n3)C[C@@H]12. The molecule has 1 aromatic heterocycles. The van der Waals surface area contributed by atoms with Crippen molar-refractivity contribution in [2.75, 3.05) is 18.4 Å². The highest BCUT2D eigenvalue weighted by Gasteiger charge is 2.54. The summed E-state index contributed by atoms with van der Waals surface area (Å²) >= 11 is 0. The number of amides is 1. The van der Waals surface area contributed by atoms with Crippen LogP contribution in [0.3, 0.4) is 0 Å². The van der Waals surface area contributed by atoms with Crippen LogP contribution in [0, 0.1) is 11.8 Å². The van der Waals surface area contributed by atoms with Gasteiger partial charge in [-0.25, -0.2) is 4.98 Å². The summed E-state index contributed by atoms with van der Waals surface area (Å²) in [5.41, 5.74) is 7.35. The van der Waals surface area contributed by atoms with Crippen LogP contribution in [0.2, 0.25) is 0 Å². The van der Waals surface area contributed by atoms with E-state index in [1.165, 1.54) is 0 Å². The molecule has 4 rings (SSSR count). The first kappa shape index (κ1) is 13.3. The minimum Gasteiger partial charge on any atom is -0.340 e. The molecule has 2 fully saturated rings. The van der Waals surface area contributed by atoms with Gasteiger partial charge in [0.25, 0.3) is 5.91 Å². The van der Waals surface area contributed by atoms with Crippen LogP contribution in [-0.4, -0.2) is 34.9 Å². The van der Waals surface area contributed by atoms with Crippen molar-refractivity contribution in [2.24, 2.45) is 17.6 Å². The van der Waals surface area contributed by atoms with E-state index in [-0.39, 0.29) is 5.91 Å². The second kappa shape index (κ2) is 5.10. The fraction of sp³-hybridized carbons (Fsp3) is 0.294. The van der Waals surface area contributed by atoms with Crippen LogP contribution in [0.1, 0.15) is 10.5 Å². The summed E-state index contributed by atoms with van der Waals surface area (Å²) in [6.45, 7) is 1.53. The first-order valence-electron chi connectivity index (χ1n) is 7.56. The number of nitrogens with zero attached hydrogens (tertiary/aromatic N) is 2. The molecule has 1 saturated heterocycles. The number of fused-ring (bicyclic) bond motifs is 1. The Morgan fingerprint density at radius 1 is 1.09 bits per heavy atom. The Balaban J connectivity index is 1.48. The molecular formula is C17H18N4O. The number of nitrogens with two attached hydrogens (primary N) is 1. The first-order valence-corrected chi connectivity index (χ1v) is 7.56. The zero-order valence-electron chi connectivity index (χ0n) is 12.1. The molecule has 0 bridgehead atoms. The second-order valence-corrected chi connectivity index (χ2v) is 6.01. The first-order chi connectivity index (χ1) is 10.7. The average molecular weight is 294 g/mol. The normalized spacial score (nSPS) is 25.7. The van der Waals surface area contributed by atoms with E-state index in [4.69, 9.17) is 5.73 Å². The number of benzene rings is 1. The van der Waals surface area contributed by atoms with Gasteiger partial charge in [0.1, 0.15) is 11.5 Å². The highest BCUT2D eigenvalue weighted by molar-refractivity contribution is 5.93. The number of hydrogen-bond donors (Lipinski definition) is 2. The van der Waals surface area contributed by atoms with Crippen LogP contribution < -0.4 is 11.1 Å². The van der Waals surface area contributed by atoms with Gasteiger partial charge in [0, 0.05) is 24.8 Å². The van der Waals surface area contributed by atoms with Gasteiger partial charge >= 0.3 is 0 Å². The van der Waals surface area contributed by atoms with E-state index >= 15 is 0 Å². The quantitative estimate of drug-likeness (QED) is 0.906. The summed E-state index contributed by atoms with van der Waals surface area (Å²) < 4.78 is 0. The summed E-state index contributed by atoms with van der Waals surface area (Å²) in [5, 5.41) is 3.21. The minimum absolute atomic E-state index is 0.00360. The van der Waals surface area contributed by atoms with Crippen LogP contribution in [0.5, 0.6) is 0 Å². The van der Waals surface area contributed by atoms with Gasteiger partial charge in [-0.1, -0.05) is 24.3 Å². The van der Waals surface area contributed by atoms with Crippen LogP contribution >= 0.6 is 0 Å². The molecule has 5 nitrogen and oxygen atoms in total. The van der Waals surface area contributed by atoms with Crippen LogP contribution in [-0.2, 0) is 0 Å². The fourth-order valence-electron chi connectivity index (χ4n) is 3.19. The van der Waals surface area contributed by atoms with Crippen LogP contribution in [0.15, 0.2) is 48.5 Å². The molecule has 2 heterocycles. The molecule has 1 aliphatic carbocycles. The number of piperidine rings is 1. The van der Waals surface area contributed by atoms with E-state index in [2.05, 4.69) is 10.3 Å². The Labute approximate surface area is 129 Å². The Morgan fingerprint density at radius 3 is 2.55 bits per heavy atom. The van der Waals surface area contributed by atoms with Gasteiger partial charge in [0.15, 0.2) is 0 Å². The molecule has 2 aliphatic rings. The largest absolute Gasteiger partial charge is 0.340 e. The van der Waals surface area contributed by atoms with E-state index in [0.717, 1.165) is 18.8 Å². The van der Waals surface area contributed by atoms with Crippen molar-refractivity contribution in [3.63, 3.8) is 0 Å². The maximum atomic E-state index is 12.5. The van der Waals surface area contributed by atoms with E-state index in [0.29, 0.717) is 29.4 Å². The number of carbonyl (C=O) groups is 1. The van der Waals surface area contributed by atoms with Gasteiger partial charge in [-0.2, -0.15) is 0 Å². The number of likely N-dealkylation sites (tertiary alicyclic amines) is 1. The molecule has 1 aliphatic heterocycles. The average Bonchev–Trinajstić information content (AvgIpc) is 2.98. The number of pyridine rings is 1. The van der Waals surface area contributed by atoms with Crippen molar-refractivity contribution < 1.29 is 4.79 Å². The Bertz CT molecular complexity index is 691. The monoisotopic (exact) mass is 294 g/mol. The molecule has 1 unspecified atom stereocenters. The molecule has 5 heteroatoms. The predicted molar refractivity (Wildman–Crippen MR) is 84.8 cm³/mol. The van der Waals surface area contributed by atoms with E-state index in [1.807, 2.05) is 47.4 Å². The number of aromatic nitrogens is 1. The van der Waals surface area contributed by atoms with Gasteiger partial charge in [0.05, 0.1) is 0 Å². The molecule has 1 aromatic carbocycles. The van der Waals surface area contributed by atoms with Gasteiger partial charge in [-0.3, -0.25) is 4.79 Å². The molecule has 3 N–H and O–H groups in total. The third kappa shape index (κ3) is 2.33. The van der Waals surface area contributed by atoms with E-state index in [9.17, 15) is 4.79 Å². The van der Waals surface area contributed by atoms with Gasteiger partial charge in [-0.05, 0) is 36.1 Å². The Kier molecular flexibility index (Phi) is 3.08. The molecule has 1 saturated carbocycles. The van der Waals surface area contributed by atoms with E-state index < -0.39 is 0 Å². The zero-order chi connectivity index (χ0) is 15.1. The van der Waals surface area contributed by atoms with Gasteiger partial charge < -0.3 is 16.0 Å². The summed E-state index contributed by atoms with van der Waals surface area (Å²) in [6, 6.07) is 15.6. The fourth-order valence-corrected chi connectivity index (χ4v) is 3.19. The van der Waals surface area contributed by atoms with Crippen molar-refractivity contribution in [1.82, 2.24) is 9.88 Å². The van der Waals surface area contributed by atoms with Crippen LogP contribution in [0.4, 0.5) is 11.5 Å².